The van der Waals surface area contributed by atoms with Gasteiger partial charge in [0, 0.05) is 0 Å². The Morgan fingerprint density at radius 3 is 1.95 bits per heavy atom. The molecular formula is C35H54O3. The maximum atomic E-state index is 11.9. The molecule has 0 radical (unpaired) electrons. The number of aliphatic hydroxyl groups excluding tert-OH is 1. The van der Waals surface area contributed by atoms with Gasteiger partial charge >= 0.3 is 5.97 Å². The molecule has 1 aromatic rings. The number of aryl methyl sites for hydroxylation is 1. The molecule has 38 heavy (non-hydrogen) atoms. The van der Waals surface area contributed by atoms with E-state index in [1.807, 2.05) is 0 Å². The van der Waals surface area contributed by atoms with Crippen LogP contribution in [0.15, 0.2) is 36.4 Å². The molecule has 3 saturated carbocycles. The first kappa shape index (κ1) is 29.4. The maximum absolute atomic E-state index is 11.9. The lowest BCUT2D eigenvalue weighted by atomic mass is 9.68. The van der Waals surface area contributed by atoms with Crippen molar-refractivity contribution in [1.29, 1.82) is 0 Å². The van der Waals surface area contributed by atoms with Crippen molar-refractivity contribution in [3.63, 3.8) is 0 Å². The summed E-state index contributed by atoms with van der Waals surface area (Å²) >= 11 is 0. The minimum atomic E-state index is -0.450. The first-order valence-electron chi connectivity index (χ1n) is 16.1. The fourth-order valence-corrected chi connectivity index (χ4v) is 7.72. The number of ether oxygens (including phenoxy) is 1. The highest BCUT2D eigenvalue weighted by Gasteiger charge is 2.31. The molecule has 0 heterocycles. The van der Waals surface area contributed by atoms with Crippen LogP contribution in [-0.4, -0.2) is 23.8 Å². The highest BCUT2D eigenvalue weighted by molar-refractivity contribution is 5.88. The molecule has 0 aliphatic heterocycles. The Hall–Kier alpha value is -1.61. The zero-order chi connectivity index (χ0) is 26.7. The lowest BCUT2D eigenvalue weighted by Crippen LogP contribution is -2.26. The van der Waals surface area contributed by atoms with Crippen molar-refractivity contribution in [2.75, 3.05) is 6.61 Å². The fraction of sp³-hybridized carbons (Fsp3) is 0.743. The molecule has 1 aromatic carbocycles. The van der Waals surface area contributed by atoms with Crippen molar-refractivity contribution in [3.05, 3.63) is 47.5 Å². The number of aliphatic hydroxyl groups is 1. The van der Waals surface area contributed by atoms with Gasteiger partial charge in [-0.05, 0) is 105 Å². The van der Waals surface area contributed by atoms with E-state index in [0.29, 0.717) is 5.92 Å². The van der Waals surface area contributed by atoms with Crippen LogP contribution in [0.4, 0.5) is 0 Å². The summed E-state index contributed by atoms with van der Waals surface area (Å²) in [4.78, 5) is 11.9. The summed E-state index contributed by atoms with van der Waals surface area (Å²) in [6.07, 6.45) is 24.1. The first-order chi connectivity index (χ1) is 18.6. The topological polar surface area (TPSA) is 46.5 Å². The van der Waals surface area contributed by atoms with Gasteiger partial charge in [0.15, 0.2) is 0 Å². The summed E-state index contributed by atoms with van der Waals surface area (Å²) in [7, 11) is 0. The van der Waals surface area contributed by atoms with E-state index in [2.05, 4.69) is 37.8 Å². The average Bonchev–Trinajstić information content (AvgIpc) is 2.97. The fourth-order valence-electron chi connectivity index (χ4n) is 7.72. The molecule has 0 saturated heterocycles. The number of unbranched alkanes of at least 4 members (excludes halogenated alkanes) is 2. The van der Waals surface area contributed by atoms with Crippen LogP contribution >= 0.6 is 0 Å². The van der Waals surface area contributed by atoms with Gasteiger partial charge in [0.05, 0.1) is 12.2 Å². The molecular weight excluding hydrogens is 468 g/mol. The van der Waals surface area contributed by atoms with Crippen LogP contribution < -0.4 is 0 Å². The summed E-state index contributed by atoms with van der Waals surface area (Å²) in [5, 5.41) is 9.05. The smallest absolute Gasteiger partial charge is 0.336 e. The quantitative estimate of drug-likeness (QED) is 0.169. The van der Waals surface area contributed by atoms with Gasteiger partial charge in [-0.1, -0.05) is 89.1 Å². The maximum Gasteiger partial charge on any atom is 0.336 e. The third kappa shape index (κ3) is 8.70. The lowest BCUT2D eigenvalue weighted by molar-refractivity contribution is -0.146. The van der Waals surface area contributed by atoms with Crippen LogP contribution in [0.5, 0.6) is 0 Å². The average molecular weight is 523 g/mol. The predicted octanol–water partition coefficient (Wildman–Crippen LogP) is 8.93. The number of benzene rings is 1. The van der Waals surface area contributed by atoms with Gasteiger partial charge in [-0.2, -0.15) is 0 Å². The third-order valence-electron chi connectivity index (χ3n) is 10.4. The van der Waals surface area contributed by atoms with Crippen LogP contribution in [0, 0.1) is 23.7 Å². The number of esters is 1. The van der Waals surface area contributed by atoms with Gasteiger partial charge in [-0.25, -0.2) is 4.79 Å². The minimum Gasteiger partial charge on any atom is -0.459 e. The summed E-state index contributed by atoms with van der Waals surface area (Å²) in [6, 6.07) is 9.40. The molecule has 3 nitrogen and oxygen atoms in total. The molecule has 3 heteroatoms. The summed E-state index contributed by atoms with van der Waals surface area (Å²) in [5.41, 5.74) is 3.06. The van der Waals surface area contributed by atoms with Gasteiger partial charge in [0.2, 0.25) is 0 Å². The summed E-state index contributed by atoms with van der Waals surface area (Å²) in [5.74, 6) is 4.13. The van der Waals surface area contributed by atoms with E-state index in [-0.39, 0.29) is 18.3 Å². The summed E-state index contributed by atoms with van der Waals surface area (Å²) < 4.78 is 5.50. The van der Waals surface area contributed by atoms with E-state index >= 15 is 0 Å². The number of rotatable bonds is 12. The Kier molecular flexibility index (Phi) is 11.8. The molecule has 0 atom stereocenters. The molecule has 4 rings (SSSR count). The van der Waals surface area contributed by atoms with Crippen molar-refractivity contribution in [2.45, 2.75) is 135 Å². The van der Waals surface area contributed by atoms with Gasteiger partial charge in [0.25, 0.3) is 0 Å². The van der Waals surface area contributed by atoms with Gasteiger partial charge in [-0.15, -0.1) is 0 Å². The number of hydrogen-bond acceptors (Lipinski definition) is 3. The van der Waals surface area contributed by atoms with Crippen molar-refractivity contribution in [3.8, 4) is 0 Å². The lowest BCUT2D eigenvalue weighted by Gasteiger charge is -2.38. The zero-order valence-electron chi connectivity index (χ0n) is 24.2. The van der Waals surface area contributed by atoms with E-state index in [4.69, 9.17) is 9.84 Å². The van der Waals surface area contributed by atoms with Crippen LogP contribution in [0.2, 0.25) is 0 Å². The second kappa shape index (κ2) is 15.2. The Bertz CT molecular complexity index is 834. The van der Waals surface area contributed by atoms with E-state index in [9.17, 15) is 4.79 Å². The second-order valence-electron chi connectivity index (χ2n) is 13.0. The normalized spacial score (nSPS) is 30.1. The number of carbonyl (C=O) groups is 1. The SMILES string of the molecule is C=C(CO)C(=O)OC1CCC(c2ccc(CCC3CCC(C4CCC(CCCCC)CC4)CC3)cc2)CC1. The van der Waals surface area contributed by atoms with Crippen molar-refractivity contribution in [2.24, 2.45) is 23.7 Å². The largest absolute Gasteiger partial charge is 0.459 e. The molecule has 212 valence electrons. The van der Waals surface area contributed by atoms with E-state index in [1.54, 1.807) is 0 Å². The van der Waals surface area contributed by atoms with Gasteiger partial charge in [-0.3, -0.25) is 0 Å². The van der Waals surface area contributed by atoms with Crippen molar-refractivity contribution < 1.29 is 14.6 Å². The van der Waals surface area contributed by atoms with Crippen molar-refractivity contribution in [1.82, 2.24) is 0 Å². The third-order valence-corrected chi connectivity index (χ3v) is 10.4. The Labute approximate surface area is 232 Å². The Morgan fingerprint density at radius 2 is 1.39 bits per heavy atom. The highest BCUT2D eigenvalue weighted by atomic mass is 16.5. The standard InChI is InChI=1S/C35H54O3/c1-3-4-5-6-27-9-15-30(16-10-27)31-17-11-28(12-18-31)7-8-29-13-19-32(20-14-29)33-21-23-34(24-22-33)38-35(37)26(2)25-36/h13-14,19-20,27-28,30-31,33-34,36H,2-12,15-18,21-25H2,1H3. The van der Waals surface area contributed by atoms with E-state index < -0.39 is 5.97 Å². The minimum absolute atomic E-state index is 0.0398. The van der Waals surface area contributed by atoms with E-state index in [1.165, 1.54) is 101 Å². The molecule has 1 N–H and O–H groups in total. The molecule has 0 unspecified atom stereocenters. The predicted molar refractivity (Wildman–Crippen MR) is 157 cm³/mol. The van der Waals surface area contributed by atoms with Crippen LogP contribution in [0.1, 0.15) is 133 Å². The van der Waals surface area contributed by atoms with Crippen LogP contribution in [0.3, 0.4) is 0 Å². The zero-order valence-corrected chi connectivity index (χ0v) is 24.2. The van der Waals surface area contributed by atoms with Crippen molar-refractivity contribution >= 4 is 5.97 Å². The molecule has 0 bridgehead atoms. The van der Waals surface area contributed by atoms with E-state index in [0.717, 1.165) is 49.4 Å². The molecule has 3 aliphatic carbocycles. The molecule has 0 amide bonds. The monoisotopic (exact) mass is 522 g/mol. The summed E-state index contributed by atoms with van der Waals surface area (Å²) in [6.45, 7) is 5.55. The van der Waals surface area contributed by atoms with Gasteiger partial charge < -0.3 is 9.84 Å². The van der Waals surface area contributed by atoms with Crippen LogP contribution in [0.25, 0.3) is 0 Å². The number of carbonyl (C=O) groups excluding carboxylic acids is 1. The van der Waals surface area contributed by atoms with Gasteiger partial charge in [0.1, 0.15) is 6.10 Å². The molecule has 3 aliphatic rings. The molecule has 0 spiro atoms. The van der Waals surface area contributed by atoms with Crippen LogP contribution in [-0.2, 0) is 16.0 Å². The second-order valence-corrected chi connectivity index (χ2v) is 13.0. The number of hydrogen-bond donors (Lipinski definition) is 1. The molecule has 0 aromatic heterocycles. The Balaban J connectivity index is 1.11. The Morgan fingerprint density at radius 1 is 0.816 bits per heavy atom. The molecule has 3 fully saturated rings. The highest BCUT2D eigenvalue weighted by Crippen LogP contribution is 2.43. The first-order valence-corrected chi connectivity index (χ1v) is 16.1.